The second-order valence-electron chi connectivity index (χ2n) is 5.40. The minimum absolute atomic E-state index is 0.00134. The molecule has 106 valence electrons. The van der Waals surface area contributed by atoms with Crippen molar-refractivity contribution in [1.29, 1.82) is 0 Å². The molecule has 0 atom stereocenters. The van der Waals surface area contributed by atoms with Crippen molar-refractivity contribution in [3.05, 3.63) is 0 Å². The van der Waals surface area contributed by atoms with E-state index in [1.165, 1.54) is 12.8 Å². The van der Waals surface area contributed by atoms with Gasteiger partial charge in [-0.3, -0.25) is 4.79 Å². The number of aliphatic hydroxyl groups excluding tert-OH is 1. The Balaban J connectivity index is 2.43. The number of carboxylic acid groups (broad SMARTS) is 1. The highest BCUT2D eigenvalue weighted by Gasteiger charge is 2.41. The zero-order valence-corrected chi connectivity index (χ0v) is 11.4. The van der Waals surface area contributed by atoms with Crippen LogP contribution in [0.3, 0.4) is 0 Å². The maximum Gasteiger partial charge on any atom is 0.309 e. The van der Waals surface area contributed by atoms with Crippen molar-refractivity contribution in [2.45, 2.75) is 51.9 Å². The number of hydrogen-bond donors (Lipinski definition) is 2. The third kappa shape index (κ3) is 4.25. The molecule has 0 aromatic rings. The van der Waals surface area contributed by atoms with Crippen molar-refractivity contribution in [1.82, 2.24) is 0 Å². The normalized spacial score (nSPS) is 28.2. The second kappa shape index (κ2) is 7.74. The molecule has 1 saturated carbocycles. The number of hydrogen-bond acceptors (Lipinski definition) is 3. The van der Waals surface area contributed by atoms with Crippen LogP contribution in [-0.4, -0.2) is 36.0 Å². The largest absolute Gasteiger partial charge is 0.481 e. The van der Waals surface area contributed by atoms with E-state index in [-0.39, 0.29) is 6.61 Å². The summed E-state index contributed by atoms with van der Waals surface area (Å²) in [5.74, 6) is 0.0332. The second-order valence-corrected chi connectivity index (χ2v) is 5.40. The molecule has 0 heterocycles. The Morgan fingerprint density at radius 3 is 2.50 bits per heavy atom. The Morgan fingerprint density at radius 1 is 1.33 bits per heavy atom. The van der Waals surface area contributed by atoms with Gasteiger partial charge in [-0.1, -0.05) is 19.8 Å². The topological polar surface area (TPSA) is 66.8 Å². The molecule has 0 spiro atoms. The highest BCUT2D eigenvalue weighted by Crippen LogP contribution is 2.43. The first kappa shape index (κ1) is 15.4. The van der Waals surface area contributed by atoms with Crippen molar-refractivity contribution in [3.8, 4) is 0 Å². The molecule has 0 amide bonds. The highest BCUT2D eigenvalue weighted by molar-refractivity contribution is 5.74. The highest BCUT2D eigenvalue weighted by atomic mass is 16.5. The molecule has 18 heavy (non-hydrogen) atoms. The van der Waals surface area contributed by atoms with E-state index in [1.807, 2.05) is 0 Å². The third-order valence-corrected chi connectivity index (χ3v) is 4.17. The summed E-state index contributed by atoms with van der Waals surface area (Å²) in [7, 11) is 0. The quantitative estimate of drug-likeness (QED) is 0.656. The molecule has 1 rings (SSSR count). The molecule has 0 bridgehead atoms. The van der Waals surface area contributed by atoms with Crippen LogP contribution in [0, 0.1) is 11.3 Å². The van der Waals surface area contributed by atoms with Crippen molar-refractivity contribution in [3.63, 3.8) is 0 Å². The van der Waals surface area contributed by atoms with E-state index in [0.717, 1.165) is 25.7 Å². The Labute approximate surface area is 109 Å². The van der Waals surface area contributed by atoms with Gasteiger partial charge in [-0.25, -0.2) is 0 Å². The Morgan fingerprint density at radius 2 is 2.00 bits per heavy atom. The van der Waals surface area contributed by atoms with Crippen LogP contribution in [0.25, 0.3) is 0 Å². The molecular weight excluding hydrogens is 232 g/mol. The molecule has 4 heteroatoms. The lowest BCUT2D eigenvalue weighted by Gasteiger charge is -2.36. The average molecular weight is 258 g/mol. The fraction of sp³-hybridized carbons (Fsp3) is 0.929. The first-order valence-electron chi connectivity index (χ1n) is 7.06. The number of carbonyl (C=O) groups is 1. The molecule has 0 unspecified atom stereocenters. The number of carboxylic acids is 1. The molecule has 4 nitrogen and oxygen atoms in total. The summed E-state index contributed by atoms with van der Waals surface area (Å²) in [5, 5.41) is 18.1. The van der Waals surface area contributed by atoms with E-state index in [2.05, 4.69) is 6.92 Å². The number of ether oxygens (including phenoxy) is 1. The fourth-order valence-corrected chi connectivity index (χ4v) is 2.93. The number of aliphatic carboxylic acids is 1. The average Bonchev–Trinajstić information content (AvgIpc) is 2.37. The van der Waals surface area contributed by atoms with Crippen molar-refractivity contribution in [2.75, 3.05) is 19.8 Å². The third-order valence-electron chi connectivity index (χ3n) is 4.17. The zero-order chi connectivity index (χ0) is 13.4. The molecule has 0 aromatic heterocycles. The monoisotopic (exact) mass is 258 g/mol. The van der Waals surface area contributed by atoms with Gasteiger partial charge in [-0.05, 0) is 38.0 Å². The standard InChI is InChI=1S/C14H26O4/c1-2-3-12-4-6-14(7-5-12,13(16)17)8-10-18-11-9-15/h12,15H,2-11H2,1H3,(H,16,17). The molecule has 0 saturated heterocycles. The fourth-order valence-electron chi connectivity index (χ4n) is 2.93. The summed E-state index contributed by atoms with van der Waals surface area (Å²) in [6.45, 7) is 2.92. The van der Waals surface area contributed by atoms with Crippen LogP contribution in [0.1, 0.15) is 51.9 Å². The summed E-state index contributed by atoms with van der Waals surface area (Å²) >= 11 is 0. The van der Waals surface area contributed by atoms with E-state index in [4.69, 9.17) is 9.84 Å². The minimum atomic E-state index is -0.676. The van der Waals surface area contributed by atoms with Gasteiger partial charge in [0.05, 0.1) is 18.6 Å². The van der Waals surface area contributed by atoms with Gasteiger partial charge in [0.1, 0.15) is 0 Å². The molecule has 0 aromatic carbocycles. The molecule has 1 aliphatic carbocycles. The first-order chi connectivity index (χ1) is 8.64. The van der Waals surface area contributed by atoms with Crippen LogP contribution >= 0.6 is 0 Å². The summed E-state index contributed by atoms with van der Waals surface area (Å²) in [4.78, 5) is 11.5. The Kier molecular flexibility index (Phi) is 6.65. The lowest BCUT2D eigenvalue weighted by atomic mass is 9.68. The van der Waals surface area contributed by atoms with Crippen LogP contribution < -0.4 is 0 Å². The molecule has 0 aliphatic heterocycles. The van der Waals surface area contributed by atoms with Crippen LogP contribution in [0.15, 0.2) is 0 Å². The Bertz CT molecular complexity index is 239. The zero-order valence-electron chi connectivity index (χ0n) is 11.4. The van der Waals surface area contributed by atoms with Crippen LogP contribution in [0.5, 0.6) is 0 Å². The van der Waals surface area contributed by atoms with Gasteiger partial charge in [0, 0.05) is 6.61 Å². The number of aliphatic hydroxyl groups is 1. The minimum Gasteiger partial charge on any atom is -0.481 e. The van der Waals surface area contributed by atoms with Crippen molar-refractivity contribution < 1.29 is 19.7 Å². The maximum atomic E-state index is 11.5. The summed E-state index contributed by atoms with van der Waals surface area (Å²) < 4.78 is 5.22. The summed E-state index contributed by atoms with van der Waals surface area (Å²) in [5.41, 5.74) is -0.584. The van der Waals surface area contributed by atoms with Crippen LogP contribution in [0.4, 0.5) is 0 Å². The van der Waals surface area contributed by atoms with E-state index in [0.29, 0.717) is 25.6 Å². The first-order valence-corrected chi connectivity index (χ1v) is 7.06. The van der Waals surface area contributed by atoms with Gasteiger partial charge in [0.15, 0.2) is 0 Å². The van der Waals surface area contributed by atoms with Gasteiger partial charge in [-0.15, -0.1) is 0 Å². The molecule has 0 radical (unpaired) electrons. The van der Waals surface area contributed by atoms with Crippen LogP contribution in [0.2, 0.25) is 0 Å². The van der Waals surface area contributed by atoms with Gasteiger partial charge >= 0.3 is 5.97 Å². The van der Waals surface area contributed by atoms with Gasteiger partial charge in [0.2, 0.25) is 0 Å². The smallest absolute Gasteiger partial charge is 0.309 e. The molecule has 1 aliphatic rings. The SMILES string of the molecule is CCCC1CCC(CCOCCO)(C(=O)O)CC1. The van der Waals surface area contributed by atoms with E-state index < -0.39 is 11.4 Å². The van der Waals surface area contributed by atoms with E-state index in [1.54, 1.807) is 0 Å². The lowest BCUT2D eigenvalue weighted by Crippen LogP contribution is -2.36. The van der Waals surface area contributed by atoms with Gasteiger partial charge in [-0.2, -0.15) is 0 Å². The van der Waals surface area contributed by atoms with Gasteiger partial charge < -0.3 is 14.9 Å². The molecular formula is C14H26O4. The van der Waals surface area contributed by atoms with Crippen molar-refractivity contribution in [2.24, 2.45) is 11.3 Å². The maximum absolute atomic E-state index is 11.5. The van der Waals surface area contributed by atoms with Gasteiger partial charge in [0.25, 0.3) is 0 Å². The molecule has 1 fully saturated rings. The van der Waals surface area contributed by atoms with Crippen molar-refractivity contribution >= 4 is 5.97 Å². The van der Waals surface area contributed by atoms with E-state index >= 15 is 0 Å². The lowest BCUT2D eigenvalue weighted by molar-refractivity contribution is -0.153. The predicted octanol–water partition coefficient (Wildman–Crippen LogP) is 2.45. The van der Waals surface area contributed by atoms with Crippen LogP contribution in [-0.2, 0) is 9.53 Å². The predicted molar refractivity (Wildman–Crippen MR) is 69.5 cm³/mol. The summed E-state index contributed by atoms with van der Waals surface area (Å²) in [6, 6.07) is 0. The number of rotatable bonds is 8. The Hall–Kier alpha value is -0.610. The summed E-state index contributed by atoms with van der Waals surface area (Å²) in [6.07, 6.45) is 6.58. The molecule has 2 N–H and O–H groups in total. The van der Waals surface area contributed by atoms with E-state index in [9.17, 15) is 9.90 Å².